The van der Waals surface area contributed by atoms with Crippen LogP contribution in [0.2, 0.25) is 0 Å². The van der Waals surface area contributed by atoms with Crippen LogP contribution in [0.1, 0.15) is 24.2 Å². The maximum absolute atomic E-state index is 12.8. The Bertz CT molecular complexity index is 678. The number of ether oxygens (including phenoxy) is 1. The van der Waals surface area contributed by atoms with Crippen LogP contribution < -0.4 is 10.1 Å². The topological polar surface area (TPSA) is 41.6 Å². The van der Waals surface area contributed by atoms with Crippen LogP contribution in [-0.4, -0.2) is 36.0 Å². The Labute approximate surface area is 149 Å². The monoisotopic (exact) mass is 346 g/mol. The highest BCUT2D eigenvalue weighted by atomic mass is 35.5. The molecule has 2 aromatic rings. The lowest BCUT2D eigenvalue weighted by Gasteiger charge is -2.38. The number of amides is 1. The van der Waals surface area contributed by atoms with E-state index >= 15 is 0 Å². The van der Waals surface area contributed by atoms with Crippen LogP contribution in [0.4, 0.5) is 0 Å². The normalized spacial score (nSPS) is 20.2. The first-order chi connectivity index (χ1) is 11.1. The summed E-state index contributed by atoms with van der Waals surface area (Å²) in [7, 11) is 0. The largest absolute Gasteiger partial charge is 0.457 e. The van der Waals surface area contributed by atoms with Gasteiger partial charge in [0.2, 0.25) is 0 Å². The van der Waals surface area contributed by atoms with Gasteiger partial charge < -0.3 is 15.0 Å². The smallest absolute Gasteiger partial charge is 0.254 e. The maximum Gasteiger partial charge on any atom is 0.254 e. The predicted octanol–water partition coefficient (Wildman–Crippen LogP) is 3.72. The molecule has 2 unspecified atom stereocenters. The van der Waals surface area contributed by atoms with E-state index in [2.05, 4.69) is 19.2 Å². The molecule has 24 heavy (non-hydrogen) atoms. The van der Waals surface area contributed by atoms with Crippen molar-refractivity contribution in [1.29, 1.82) is 0 Å². The second-order valence-electron chi connectivity index (χ2n) is 5.92. The molecule has 2 aromatic carbocycles. The maximum atomic E-state index is 12.8. The Morgan fingerprint density at radius 2 is 1.79 bits per heavy atom. The first-order valence-electron chi connectivity index (χ1n) is 8.02. The molecule has 1 aliphatic rings. The van der Waals surface area contributed by atoms with Crippen molar-refractivity contribution in [1.82, 2.24) is 10.2 Å². The van der Waals surface area contributed by atoms with Gasteiger partial charge in [-0.2, -0.15) is 0 Å². The van der Waals surface area contributed by atoms with E-state index in [9.17, 15) is 4.79 Å². The van der Waals surface area contributed by atoms with E-state index in [4.69, 9.17) is 4.74 Å². The summed E-state index contributed by atoms with van der Waals surface area (Å²) in [6.07, 6.45) is 0. The quantitative estimate of drug-likeness (QED) is 0.920. The SMILES string of the molecule is CC1NCCN(C(=O)c2cccc(Oc3ccccc3)c2)C1C.Cl. The fraction of sp³-hybridized carbons (Fsp3) is 0.316. The Morgan fingerprint density at radius 1 is 1.08 bits per heavy atom. The summed E-state index contributed by atoms with van der Waals surface area (Å²) in [6, 6.07) is 17.5. The Balaban J connectivity index is 0.00000208. The number of carbonyl (C=O) groups excluding carboxylic acids is 1. The summed E-state index contributed by atoms with van der Waals surface area (Å²) in [5.41, 5.74) is 0.666. The molecule has 1 N–H and O–H groups in total. The molecule has 2 atom stereocenters. The van der Waals surface area contributed by atoms with Gasteiger partial charge in [-0.3, -0.25) is 4.79 Å². The zero-order chi connectivity index (χ0) is 16.2. The van der Waals surface area contributed by atoms with E-state index in [1.54, 1.807) is 0 Å². The second-order valence-corrected chi connectivity index (χ2v) is 5.92. The lowest BCUT2D eigenvalue weighted by atomic mass is 10.1. The van der Waals surface area contributed by atoms with Crippen molar-refractivity contribution in [3.8, 4) is 11.5 Å². The fourth-order valence-corrected chi connectivity index (χ4v) is 2.83. The standard InChI is InChI=1S/C19H22N2O2.ClH/c1-14-15(2)21(12-11-20-14)19(22)16-7-6-10-18(13-16)23-17-8-4-3-5-9-17;/h3-10,13-15,20H,11-12H2,1-2H3;1H. The van der Waals surface area contributed by atoms with Crippen molar-refractivity contribution < 1.29 is 9.53 Å². The molecule has 0 bridgehead atoms. The highest BCUT2D eigenvalue weighted by molar-refractivity contribution is 5.95. The molecule has 0 spiro atoms. The first-order valence-corrected chi connectivity index (χ1v) is 8.02. The van der Waals surface area contributed by atoms with Gasteiger partial charge in [0.1, 0.15) is 11.5 Å². The molecule has 128 valence electrons. The molecule has 0 aromatic heterocycles. The van der Waals surface area contributed by atoms with Crippen LogP contribution >= 0.6 is 12.4 Å². The fourth-order valence-electron chi connectivity index (χ4n) is 2.83. The van der Waals surface area contributed by atoms with E-state index < -0.39 is 0 Å². The minimum Gasteiger partial charge on any atom is -0.457 e. The van der Waals surface area contributed by atoms with Crippen LogP contribution in [-0.2, 0) is 0 Å². The van der Waals surface area contributed by atoms with E-state index in [-0.39, 0.29) is 24.4 Å². The van der Waals surface area contributed by atoms with Crippen LogP contribution in [0.25, 0.3) is 0 Å². The molecule has 0 radical (unpaired) electrons. The van der Waals surface area contributed by atoms with Gasteiger partial charge in [-0.05, 0) is 44.2 Å². The lowest BCUT2D eigenvalue weighted by Crippen LogP contribution is -2.57. The summed E-state index contributed by atoms with van der Waals surface area (Å²) < 4.78 is 5.82. The highest BCUT2D eigenvalue weighted by Gasteiger charge is 2.28. The van der Waals surface area contributed by atoms with Gasteiger partial charge in [0.05, 0.1) is 0 Å². The Morgan fingerprint density at radius 3 is 2.54 bits per heavy atom. The number of hydrogen-bond acceptors (Lipinski definition) is 3. The van der Waals surface area contributed by atoms with Gasteiger partial charge in [-0.15, -0.1) is 12.4 Å². The van der Waals surface area contributed by atoms with Gasteiger partial charge in [0.25, 0.3) is 5.91 Å². The molecule has 1 amide bonds. The summed E-state index contributed by atoms with van der Waals surface area (Å²) in [6.45, 7) is 5.75. The number of benzene rings is 2. The highest BCUT2D eigenvalue weighted by Crippen LogP contribution is 2.23. The predicted molar refractivity (Wildman–Crippen MR) is 98.2 cm³/mol. The van der Waals surface area contributed by atoms with Gasteiger partial charge in [0, 0.05) is 30.7 Å². The third-order valence-electron chi connectivity index (χ3n) is 4.35. The van der Waals surface area contributed by atoms with Crippen molar-refractivity contribution >= 4 is 18.3 Å². The van der Waals surface area contributed by atoms with Gasteiger partial charge in [-0.1, -0.05) is 24.3 Å². The second kappa shape index (κ2) is 8.18. The summed E-state index contributed by atoms with van der Waals surface area (Å²) in [5.74, 6) is 1.50. The van der Waals surface area contributed by atoms with Crippen molar-refractivity contribution in [2.45, 2.75) is 25.9 Å². The van der Waals surface area contributed by atoms with Crippen LogP contribution in [0, 0.1) is 0 Å². The molecule has 1 fully saturated rings. The number of nitrogens with zero attached hydrogens (tertiary/aromatic N) is 1. The minimum atomic E-state index is 0. The number of piperazine rings is 1. The average Bonchev–Trinajstić information content (AvgIpc) is 2.58. The number of rotatable bonds is 3. The number of halogens is 1. The molecule has 4 nitrogen and oxygen atoms in total. The van der Waals surface area contributed by atoms with Gasteiger partial charge in [0.15, 0.2) is 0 Å². The zero-order valence-electron chi connectivity index (χ0n) is 13.9. The molecular weight excluding hydrogens is 324 g/mol. The van der Waals surface area contributed by atoms with Gasteiger partial charge >= 0.3 is 0 Å². The molecule has 1 saturated heterocycles. The summed E-state index contributed by atoms with van der Waals surface area (Å²) in [4.78, 5) is 14.7. The van der Waals surface area contributed by atoms with E-state index in [1.165, 1.54) is 0 Å². The minimum absolute atomic E-state index is 0. The number of para-hydroxylation sites is 1. The summed E-state index contributed by atoms with van der Waals surface area (Å²) in [5, 5.41) is 3.39. The molecule has 1 heterocycles. The van der Waals surface area contributed by atoms with Crippen LogP contribution in [0.15, 0.2) is 54.6 Å². The number of nitrogens with one attached hydrogen (secondary N) is 1. The lowest BCUT2D eigenvalue weighted by molar-refractivity contribution is 0.0602. The zero-order valence-corrected chi connectivity index (χ0v) is 14.8. The molecule has 5 heteroatoms. The van der Waals surface area contributed by atoms with E-state index in [0.29, 0.717) is 17.4 Å². The third-order valence-corrected chi connectivity index (χ3v) is 4.35. The average molecular weight is 347 g/mol. The van der Waals surface area contributed by atoms with Crippen molar-refractivity contribution in [3.63, 3.8) is 0 Å². The molecule has 1 aliphatic heterocycles. The number of hydrogen-bond donors (Lipinski definition) is 1. The van der Waals surface area contributed by atoms with Crippen molar-refractivity contribution in [2.75, 3.05) is 13.1 Å². The van der Waals surface area contributed by atoms with Crippen LogP contribution in [0.3, 0.4) is 0 Å². The molecule has 0 aliphatic carbocycles. The third kappa shape index (κ3) is 4.08. The first kappa shape index (κ1) is 18.3. The van der Waals surface area contributed by atoms with Crippen molar-refractivity contribution in [3.05, 3.63) is 60.2 Å². The molecular formula is C19H23ClN2O2. The molecule has 0 saturated carbocycles. The summed E-state index contributed by atoms with van der Waals surface area (Å²) >= 11 is 0. The molecule has 3 rings (SSSR count). The van der Waals surface area contributed by atoms with Crippen LogP contribution in [0.5, 0.6) is 11.5 Å². The van der Waals surface area contributed by atoms with Gasteiger partial charge in [-0.25, -0.2) is 0 Å². The Kier molecular flexibility index (Phi) is 6.23. The van der Waals surface area contributed by atoms with E-state index in [1.807, 2.05) is 59.5 Å². The Hall–Kier alpha value is -2.04. The van der Waals surface area contributed by atoms with Crippen molar-refractivity contribution in [2.24, 2.45) is 0 Å². The number of carbonyl (C=O) groups is 1. The van der Waals surface area contributed by atoms with E-state index in [0.717, 1.165) is 18.8 Å².